The molecule has 0 saturated carbocycles. The summed E-state index contributed by atoms with van der Waals surface area (Å²) in [5.41, 5.74) is 2.80. The van der Waals surface area contributed by atoms with Crippen molar-refractivity contribution in [3.63, 3.8) is 0 Å². The summed E-state index contributed by atoms with van der Waals surface area (Å²) >= 11 is 6.28. The lowest BCUT2D eigenvalue weighted by atomic mass is 9.77. The van der Waals surface area contributed by atoms with E-state index in [1.165, 1.54) is 17.5 Å². The van der Waals surface area contributed by atoms with E-state index >= 15 is 0 Å². The van der Waals surface area contributed by atoms with Crippen LogP contribution in [0.1, 0.15) is 45.2 Å². The molecule has 0 amide bonds. The van der Waals surface area contributed by atoms with E-state index in [0.29, 0.717) is 5.92 Å². The smallest absolute Gasteiger partial charge is 0.125 e. The third kappa shape index (κ3) is 4.37. The highest BCUT2D eigenvalue weighted by atomic mass is 35.5. The standard InChI is InChI=1S/C18H28ClNO/c1-5-7-20-12-15(18(2,3)4)9-14-11-16(19)10-13-6-8-21-17(13)14/h10-11,15,20H,5-9,12H2,1-4H3. The van der Waals surface area contributed by atoms with Gasteiger partial charge in [0, 0.05) is 11.4 Å². The average Bonchev–Trinajstić information content (AvgIpc) is 2.84. The van der Waals surface area contributed by atoms with Gasteiger partial charge in [0.2, 0.25) is 0 Å². The molecule has 1 aliphatic rings. The van der Waals surface area contributed by atoms with Crippen molar-refractivity contribution in [2.75, 3.05) is 19.7 Å². The summed E-state index contributed by atoms with van der Waals surface area (Å²) in [5, 5.41) is 4.41. The first-order chi connectivity index (χ1) is 9.91. The SMILES string of the molecule is CCCNCC(Cc1cc(Cl)cc2c1OCC2)C(C)(C)C. The van der Waals surface area contributed by atoms with Crippen molar-refractivity contribution in [3.8, 4) is 5.75 Å². The first kappa shape index (κ1) is 16.6. The van der Waals surface area contributed by atoms with Crippen LogP contribution in [0.4, 0.5) is 0 Å². The predicted octanol–water partition coefficient (Wildman–Crippen LogP) is 4.48. The van der Waals surface area contributed by atoms with Crippen LogP contribution in [-0.2, 0) is 12.8 Å². The van der Waals surface area contributed by atoms with Crippen molar-refractivity contribution in [1.82, 2.24) is 5.32 Å². The molecule has 0 aromatic heterocycles. The lowest BCUT2D eigenvalue weighted by Gasteiger charge is -2.31. The Kier molecular flexibility index (Phi) is 5.56. The Morgan fingerprint density at radius 2 is 2.10 bits per heavy atom. The van der Waals surface area contributed by atoms with E-state index in [-0.39, 0.29) is 5.41 Å². The van der Waals surface area contributed by atoms with Gasteiger partial charge in [-0.2, -0.15) is 0 Å². The van der Waals surface area contributed by atoms with Gasteiger partial charge < -0.3 is 10.1 Å². The number of ether oxygens (including phenoxy) is 1. The van der Waals surface area contributed by atoms with Crippen molar-refractivity contribution >= 4 is 11.6 Å². The second-order valence-electron chi connectivity index (χ2n) is 7.12. The molecule has 1 N–H and O–H groups in total. The molecular formula is C18H28ClNO. The molecule has 2 nitrogen and oxygen atoms in total. The number of hydrogen-bond donors (Lipinski definition) is 1. The lowest BCUT2D eigenvalue weighted by molar-refractivity contribution is 0.229. The third-order valence-corrected chi connectivity index (χ3v) is 4.55. The molecule has 0 bridgehead atoms. The summed E-state index contributed by atoms with van der Waals surface area (Å²) in [6.45, 7) is 12.1. The lowest BCUT2D eigenvalue weighted by Crippen LogP contribution is -2.33. The number of halogens is 1. The van der Waals surface area contributed by atoms with Gasteiger partial charge in [-0.25, -0.2) is 0 Å². The van der Waals surface area contributed by atoms with Gasteiger partial charge in [0.25, 0.3) is 0 Å². The van der Waals surface area contributed by atoms with Crippen molar-refractivity contribution in [2.24, 2.45) is 11.3 Å². The highest BCUT2D eigenvalue weighted by molar-refractivity contribution is 6.30. The largest absolute Gasteiger partial charge is 0.493 e. The molecule has 2 rings (SSSR count). The summed E-state index contributed by atoms with van der Waals surface area (Å²) < 4.78 is 5.84. The molecule has 0 radical (unpaired) electrons. The van der Waals surface area contributed by atoms with Gasteiger partial charge in [-0.05, 0) is 60.5 Å². The molecule has 1 atom stereocenters. The van der Waals surface area contributed by atoms with E-state index in [2.05, 4.69) is 45.1 Å². The Morgan fingerprint density at radius 3 is 2.76 bits per heavy atom. The predicted molar refractivity (Wildman–Crippen MR) is 90.5 cm³/mol. The molecule has 3 heteroatoms. The molecule has 1 aromatic carbocycles. The normalized spacial score (nSPS) is 15.7. The van der Waals surface area contributed by atoms with Crippen molar-refractivity contribution in [1.29, 1.82) is 0 Å². The van der Waals surface area contributed by atoms with Crippen LogP contribution in [0, 0.1) is 11.3 Å². The highest BCUT2D eigenvalue weighted by Gasteiger charge is 2.27. The van der Waals surface area contributed by atoms with Gasteiger partial charge in [0.1, 0.15) is 5.75 Å². The van der Waals surface area contributed by atoms with Crippen LogP contribution >= 0.6 is 11.6 Å². The molecule has 1 heterocycles. The number of nitrogens with one attached hydrogen (secondary N) is 1. The van der Waals surface area contributed by atoms with Crippen LogP contribution < -0.4 is 10.1 Å². The number of hydrogen-bond acceptors (Lipinski definition) is 2. The molecule has 1 unspecified atom stereocenters. The first-order valence-electron chi connectivity index (χ1n) is 8.06. The fourth-order valence-corrected chi connectivity index (χ4v) is 3.16. The van der Waals surface area contributed by atoms with Crippen LogP contribution in [0.3, 0.4) is 0 Å². The monoisotopic (exact) mass is 309 g/mol. The van der Waals surface area contributed by atoms with E-state index in [1.54, 1.807) is 0 Å². The van der Waals surface area contributed by atoms with Crippen LogP contribution in [0.5, 0.6) is 5.75 Å². The van der Waals surface area contributed by atoms with Gasteiger partial charge in [-0.1, -0.05) is 39.3 Å². The summed E-state index contributed by atoms with van der Waals surface area (Å²) in [6, 6.07) is 4.14. The Labute approximate surface area is 134 Å². The summed E-state index contributed by atoms with van der Waals surface area (Å²) in [5.74, 6) is 1.65. The minimum absolute atomic E-state index is 0.258. The summed E-state index contributed by atoms with van der Waals surface area (Å²) in [6.07, 6.45) is 3.17. The fourth-order valence-electron chi connectivity index (χ4n) is 2.90. The van der Waals surface area contributed by atoms with Crippen molar-refractivity contribution in [2.45, 2.75) is 47.0 Å². The van der Waals surface area contributed by atoms with E-state index in [0.717, 1.165) is 43.3 Å². The van der Waals surface area contributed by atoms with Gasteiger partial charge >= 0.3 is 0 Å². The molecule has 21 heavy (non-hydrogen) atoms. The van der Waals surface area contributed by atoms with Crippen LogP contribution in [-0.4, -0.2) is 19.7 Å². The Hall–Kier alpha value is -0.730. The van der Waals surface area contributed by atoms with Gasteiger partial charge in [-0.3, -0.25) is 0 Å². The summed E-state index contributed by atoms with van der Waals surface area (Å²) in [4.78, 5) is 0. The van der Waals surface area contributed by atoms with E-state index in [9.17, 15) is 0 Å². The number of rotatable bonds is 6. The molecule has 0 fully saturated rings. The van der Waals surface area contributed by atoms with Crippen LogP contribution in [0.25, 0.3) is 0 Å². The minimum Gasteiger partial charge on any atom is -0.493 e. The number of benzene rings is 1. The zero-order valence-electron chi connectivity index (χ0n) is 13.8. The quantitative estimate of drug-likeness (QED) is 0.782. The first-order valence-corrected chi connectivity index (χ1v) is 8.44. The molecule has 1 aromatic rings. The maximum absolute atomic E-state index is 6.28. The topological polar surface area (TPSA) is 21.3 Å². The summed E-state index contributed by atoms with van der Waals surface area (Å²) in [7, 11) is 0. The zero-order chi connectivity index (χ0) is 15.5. The molecule has 118 valence electrons. The van der Waals surface area contributed by atoms with Crippen molar-refractivity contribution < 1.29 is 4.74 Å². The Bertz CT molecular complexity index is 479. The molecule has 0 aliphatic carbocycles. The number of fused-ring (bicyclic) bond motifs is 1. The van der Waals surface area contributed by atoms with Crippen molar-refractivity contribution in [3.05, 3.63) is 28.3 Å². The second-order valence-corrected chi connectivity index (χ2v) is 7.56. The Morgan fingerprint density at radius 1 is 1.33 bits per heavy atom. The molecule has 1 aliphatic heterocycles. The fraction of sp³-hybridized carbons (Fsp3) is 0.667. The van der Waals surface area contributed by atoms with Crippen LogP contribution in [0.15, 0.2) is 12.1 Å². The molecule has 0 saturated heterocycles. The third-order valence-electron chi connectivity index (χ3n) is 4.33. The van der Waals surface area contributed by atoms with E-state index in [1.807, 2.05) is 0 Å². The second kappa shape index (κ2) is 7.02. The van der Waals surface area contributed by atoms with Gasteiger partial charge in [0.15, 0.2) is 0 Å². The molecular weight excluding hydrogens is 282 g/mol. The maximum atomic E-state index is 6.28. The minimum atomic E-state index is 0.258. The molecule has 0 spiro atoms. The van der Waals surface area contributed by atoms with Crippen LogP contribution in [0.2, 0.25) is 5.02 Å². The van der Waals surface area contributed by atoms with Gasteiger partial charge in [0.05, 0.1) is 6.61 Å². The van der Waals surface area contributed by atoms with Gasteiger partial charge in [-0.15, -0.1) is 0 Å². The van der Waals surface area contributed by atoms with E-state index in [4.69, 9.17) is 16.3 Å². The average molecular weight is 310 g/mol. The zero-order valence-corrected chi connectivity index (χ0v) is 14.5. The Balaban J connectivity index is 2.17. The maximum Gasteiger partial charge on any atom is 0.125 e. The van der Waals surface area contributed by atoms with E-state index < -0.39 is 0 Å². The highest BCUT2D eigenvalue weighted by Crippen LogP contribution is 2.37.